The summed E-state index contributed by atoms with van der Waals surface area (Å²) in [6, 6.07) is 62.4. The average molecular weight is 720 g/mol. The number of nitrogens with zero attached hydrogens (tertiary/aromatic N) is 3. The van der Waals surface area contributed by atoms with Gasteiger partial charge in [0.15, 0.2) is 5.82 Å². The number of benzene rings is 8. The van der Waals surface area contributed by atoms with Crippen LogP contribution in [0.4, 0.5) is 0 Å². The number of hydrogen-bond donors (Lipinski definition) is 0. The summed E-state index contributed by atoms with van der Waals surface area (Å²) < 4.78 is 11.3. The fourth-order valence-corrected chi connectivity index (χ4v) is 9.54. The van der Waals surface area contributed by atoms with E-state index in [-0.39, 0.29) is 0 Å². The molecule has 256 valence electrons. The van der Waals surface area contributed by atoms with Crippen LogP contribution >= 0.6 is 11.3 Å². The molecule has 0 radical (unpaired) electrons. The molecule has 5 heteroatoms. The first-order valence-electron chi connectivity index (χ1n) is 18.5. The van der Waals surface area contributed by atoms with E-state index in [0.29, 0.717) is 5.82 Å². The van der Waals surface area contributed by atoms with Crippen LogP contribution in [0.1, 0.15) is 0 Å². The SMILES string of the molecule is c1ccc(-n2c3ccccc3c3cc(-c4cc(-c5ccc6ccccc6c5)nc(-c5ccc6oc7ccc8sc9ccccc9c8c7c6c5)n4)ccc32)cc1. The molecular formula is C50H29N3OS. The molecule has 0 aliphatic carbocycles. The molecule has 4 heterocycles. The van der Waals surface area contributed by atoms with Gasteiger partial charge in [0, 0.05) is 64.1 Å². The Morgan fingerprint density at radius 1 is 0.418 bits per heavy atom. The highest BCUT2D eigenvalue weighted by atomic mass is 32.1. The van der Waals surface area contributed by atoms with Gasteiger partial charge in [0.25, 0.3) is 0 Å². The monoisotopic (exact) mass is 719 g/mol. The summed E-state index contributed by atoms with van der Waals surface area (Å²) in [4.78, 5) is 10.6. The zero-order chi connectivity index (χ0) is 36.0. The summed E-state index contributed by atoms with van der Waals surface area (Å²) in [6.07, 6.45) is 0. The van der Waals surface area contributed by atoms with Crippen molar-refractivity contribution in [2.45, 2.75) is 0 Å². The van der Waals surface area contributed by atoms with Crippen molar-refractivity contribution in [2.24, 2.45) is 0 Å². The van der Waals surface area contributed by atoms with Crippen molar-refractivity contribution in [2.75, 3.05) is 0 Å². The van der Waals surface area contributed by atoms with Gasteiger partial charge in [-0.1, -0.05) is 97.1 Å². The van der Waals surface area contributed by atoms with Crippen LogP contribution in [0.3, 0.4) is 0 Å². The predicted octanol–water partition coefficient (Wildman–Crippen LogP) is 14.0. The Hall–Kier alpha value is -7.08. The Balaban J connectivity index is 1.09. The van der Waals surface area contributed by atoms with Gasteiger partial charge in [-0.05, 0) is 89.6 Å². The lowest BCUT2D eigenvalue weighted by molar-refractivity contribution is 0.669. The Kier molecular flexibility index (Phi) is 6.47. The standard InChI is InChI=1S/C50H29N3OS/c1-2-12-35(13-3-1)53-42-16-8-6-14-36(42)38-27-33(20-22-43(38)53)41-29-40(32-19-18-30-10-4-5-11-31(30)26-32)51-50(52-41)34-21-23-44-39(28-34)48-45(54-44)24-25-47-49(48)37-15-7-9-17-46(37)55-47/h1-29H. The second-order valence-corrected chi connectivity index (χ2v) is 15.3. The fraction of sp³-hybridized carbons (Fsp3) is 0. The van der Waals surface area contributed by atoms with E-state index in [1.54, 1.807) is 0 Å². The van der Waals surface area contributed by atoms with Crippen LogP contribution in [-0.4, -0.2) is 14.5 Å². The molecule has 4 nitrogen and oxygen atoms in total. The Morgan fingerprint density at radius 3 is 1.98 bits per heavy atom. The van der Waals surface area contributed by atoms with Gasteiger partial charge < -0.3 is 8.98 Å². The van der Waals surface area contributed by atoms with E-state index in [1.807, 2.05) is 11.3 Å². The molecule has 0 spiro atoms. The molecule has 0 unspecified atom stereocenters. The topological polar surface area (TPSA) is 43.9 Å². The maximum Gasteiger partial charge on any atom is 0.160 e. The number of hydrogen-bond acceptors (Lipinski definition) is 4. The minimum Gasteiger partial charge on any atom is -0.456 e. The van der Waals surface area contributed by atoms with Crippen molar-refractivity contribution in [1.29, 1.82) is 0 Å². The highest BCUT2D eigenvalue weighted by Crippen LogP contribution is 2.43. The Labute approximate surface area is 319 Å². The third-order valence-corrected chi connectivity index (χ3v) is 12.1. The van der Waals surface area contributed by atoms with Gasteiger partial charge in [0.2, 0.25) is 0 Å². The van der Waals surface area contributed by atoms with E-state index in [9.17, 15) is 0 Å². The summed E-state index contributed by atoms with van der Waals surface area (Å²) in [5.41, 5.74) is 9.99. The molecule has 0 saturated heterocycles. The fourth-order valence-electron chi connectivity index (χ4n) is 8.43. The Morgan fingerprint density at radius 2 is 1.09 bits per heavy atom. The van der Waals surface area contributed by atoms with Gasteiger partial charge in [-0.3, -0.25) is 0 Å². The zero-order valence-corrected chi connectivity index (χ0v) is 30.2. The lowest BCUT2D eigenvalue weighted by Crippen LogP contribution is -1.96. The maximum absolute atomic E-state index is 6.47. The number of thiophene rings is 1. The van der Waals surface area contributed by atoms with E-state index in [1.165, 1.54) is 47.2 Å². The maximum atomic E-state index is 6.47. The molecule has 0 amide bonds. The molecule has 8 aromatic carbocycles. The lowest BCUT2D eigenvalue weighted by Gasteiger charge is -2.11. The van der Waals surface area contributed by atoms with Crippen LogP contribution in [0.5, 0.6) is 0 Å². The molecule has 55 heavy (non-hydrogen) atoms. The van der Waals surface area contributed by atoms with Crippen LogP contribution < -0.4 is 0 Å². The molecule has 0 atom stereocenters. The van der Waals surface area contributed by atoms with Gasteiger partial charge in [-0.2, -0.15) is 0 Å². The molecule has 0 aliphatic rings. The normalized spacial score (nSPS) is 12.0. The smallest absolute Gasteiger partial charge is 0.160 e. The number of fused-ring (bicyclic) bond motifs is 11. The number of para-hydroxylation sites is 2. The van der Waals surface area contributed by atoms with Crippen LogP contribution in [0, 0.1) is 0 Å². The lowest BCUT2D eigenvalue weighted by atomic mass is 10.0. The second kappa shape index (κ2) is 11.7. The first kappa shape index (κ1) is 30.4. The van der Waals surface area contributed by atoms with Gasteiger partial charge in [0.05, 0.1) is 22.4 Å². The minimum atomic E-state index is 0.672. The van der Waals surface area contributed by atoms with Crippen molar-refractivity contribution in [3.63, 3.8) is 0 Å². The van der Waals surface area contributed by atoms with E-state index in [2.05, 4.69) is 180 Å². The number of rotatable bonds is 4. The van der Waals surface area contributed by atoms with Crippen molar-refractivity contribution in [1.82, 2.24) is 14.5 Å². The summed E-state index contributed by atoms with van der Waals surface area (Å²) in [5.74, 6) is 0.672. The summed E-state index contributed by atoms with van der Waals surface area (Å²) in [6.45, 7) is 0. The van der Waals surface area contributed by atoms with Crippen molar-refractivity contribution >= 4 is 86.0 Å². The van der Waals surface area contributed by atoms with Crippen LogP contribution in [0.25, 0.3) is 114 Å². The molecule has 0 N–H and O–H groups in total. The molecular weight excluding hydrogens is 691 g/mol. The summed E-state index contributed by atoms with van der Waals surface area (Å²) >= 11 is 1.82. The highest BCUT2D eigenvalue weighted by molar-refractivity contribution is 7.26. The highest BCUT2D eigenvalue weighted by Gasteiger charge is 2.19. The first-order valence-corrected chi connectivity index (χ1v) is 19.3. The van der Waals surface area contributed by atoms with Crippen molar-refractivity contribution in [3.05, 3.63) is 176 Å². The van der Waals surface area contributed by atoms with Crippen LogP contribution in [0.2, 0.25) is 0 Å². The molecule has 12 rings (SSSR count). The molecule has 0 fully saturated rings. The Bertz CT molecular complexity index is 3500. The van der Waals surface area contributed by atoms with Crippen LogP contribution in [0.15, 0.2) is 180 Å². The quantitative estimate of drug-likeness (QED) is 0.182. The molecule has 0 saturated carbocycles. The second-order valence-electron chi connectivity index (χ2n) is 14.2. The van der Waals surface area contributed by atoms with Gasteiger partial charge in [-0.15, -0.1) is 11.3 Å². The number of aromatic nitrogens is 3. The van der Waals surface area contributed by atoms with Crippen molar-refractivity contribution < 1.29 is 4.42 Å². The molecule has 4 aromatic heterocycles. The minimum absolute atomic E-state index is 0.672. The number of furan rings is 1. The van der Waals surface area contributed by atoms with Gasteiger partial charge >= 0.3 is 0 Å². The zero-order valence-electron chi connectivity index (χ0n) is 29.4. The predicted molar refractivity (Wildman–Crippen MR) is 230 cm³/mol. The molecule has 0 bridgehead atoms. The molecule has 12 aromatic rings. The first-order chi connectivity index (χ1) is 27.2. The van der Waals surface area contributed by atoms with Gasteiger partial charge in [-0.25, -0.2) is 9.97 Å². The van der Waals surface area contributed by atoms with E-state index < -0.39 is 0 Å². The summed E-state index contributed by atoms with van der Waals surface area (Å²) in [7, 11) is 0. The van der Waals surface area contributed by atoms with E-state index in [4.69, 9.17) is 14.4 Å². The molecule has 0 aliphatic heterocycles. The summed E-state index contributed by atoms with van der Waals surface area (Å²) in [5, 5.41) is 9.46. The van der Waals surface area contributed by atoms with E-state index in [0.717, 1.165) is 61.2 Å². The van der Waals surface area contributed by atoms with E-state index >= 15 is 0 Å². The third-order valence-electron chi connectivity index (χ3n) is 11.0. The largest absolute Gasteiger partial charge is 0.456 e. The van der Waals surface area contributed by atoms with Crippen LogP contribution in [-0.2, 0) is 0 Å². The average Bonchev–Trinajstić information content (AvgIpc) is 3.92. The van der Waals surface area contributed by atoms with Crippen molar-refractivity contribution in [3.8, 4) is 39.6 Å². The van der Waals surface area contributed by atoms with Gasteiger partial charge in [0.1, 0.15) is 11.2 Å². The third kappa shape index (κ3) is 4.70.